The number of carbonyl (C=O) groups excluding carboxylic acids is 2. The molecule has 0 fully saturated rings. The number of nitrogens with one attached hydrogen (secondary N) is 2. The van der Waals surface area contributed by atoms with Crippen molar-refractivity contribution in [3.05, 3.63) is 57.8 Å². The van der Waals surface area contributed by atoms with E-state index in [4.69, 9.17) is 23.2 Å². The Morgan fingerprint density at radius 2 is 1.79 bits per heavy atom. The maximum atomic E-state index is 12.3. The molecule has 0 bridgehead atoms. The summed E-state index contributed by atoms with van der Waals surface area (Å²) in [5.41, 5.74) is 0.451. The Morgan fingerprint density at radius 1 is 1.08 bits per heavy atom. The van der Waals surface area contributed by atoms with Gasteiger partial charge in [-0.05, 0) is 45.0 Å². The smallest absolute Gasteiger partial charge is 0.274 e. The lowest BCUT2D eigenvalue weighted by molar-refractivity contribution is 0.0919. The van der Waals surface area contributed by atoms with Gasteiger partial charge in [-0.2, -0.15) is 0 Å². The number of anilines is 1. The molecule has 2 amide bonds. The predicted octanol–water partition coefficient (Wildman–Crippen LogP) is 4.17. The summed E-state index contributed by atoms with van der Waals surface area (Å²) in [7, 11) is 0. The zero-order chi connectivity index (χ0) is 17.9. The number of benzene rings is 1. The summed E-state index contributed by atoms with van der Waals surface area (Å²) in [5.74, 6) is -0.760. The fraction of sp³-hybridized carbons (Fsp3) is 0.235. The number of nitrogens with zero attached hydrogens (tertiary/aromatic N) is 1. The Bertz CT molecular complexity index is 786. The highest BCUT2D eigenvalue weighted by Gasteiger charge is 2.17. The van der Waals surface area contributed by atoms with E-state index in [1.807, 2.05) is 20.8 Å². The molecular formula is C17H17Cl2N3O2. The molecule has 7 heteroatoms. The average Bonchev–Trinajstić information content (AvgIpc) is 2.50. The lowest BCUT2D eigenvalue weighted by Gasteiger charge is -2.20. The van der Waals surface area contributed by atoms with Crippen molar-refractivity contribution < 1.29 is 9.59 Å². The van der Waals surface area contributed by atoms with Crippen LogP contribution in [-0.4, -0.2) is 22.3 Å². The fourth-order valence-corrected chi connectivity index (χ4v) is 2.24. The van der Waals surface area contributed by atoms with Crippen LogP contribution < -0.4 is 10.6 Å². The highest BCUT2D eigenvalue weighted by molar-refractivity contribution is 6.44. The van der Waals surface area contributed by atoms with E-state index >= 15 is 0 Å². The van der Waals surface area contributed by atoms with E-state index in [1.165, 1.54) is 12.3 Å². The van der Waals surface area contributed by atoms with Crippen molar-refractivity contribution in [3.63, 3.8) is 0 Å². The molecule has 2 N–H and O–H groups in total. The topological polar surface area (TPSA) is 71.1 Å². The lowest BCUT2D eigenvalue weighted by Crippen LogP contribution is -2.40. The molecule has 0 saturated heterocycles. The summed E-state index contributed by atoms with van der Waals surface area (Å²) >= 11 is 12.0. The maximum Gasteiger partial charge on any atom is 0.274 e. The van der Waals surface area contributed by atoms with Crippen LogP contribution in [0.15, 0.2) is 36.5 Å². The van der Waals surface area contributed by atoms with Crippen LogP contribution in [0.4, 0.5) is 5.69 Å². The van der Waals surface area contributed by atoms with Gasteiger partial charge in [0, 0.05) is 17.3 Å². The molecule has 0 aliphatic heterocycles. The Labute approximate surface area is 150 Å². The van der Waals surface area contributed by atoms with Gasteiger partial charge in [0.25, 0.3) is 11.8 Å². The third-order valence-corrected chi connectivity index (χ3v) is 3.76. The predicted molar refractivity (Wildman–Crippen MR) is 95.9 cm³/mol. The van der Waals surface area contributed by atoms with E-state index < -0.39 is 5.91 Å². The second-order valence-electron chi connectivity index (χ2n) is 6.19. The van der Waals surface area contributed by atoms with Gasteiger partial charge in [-0.1, -0.05) is 29.3 Å². The van der Waals surface area contributed by atoms with Crippen molar-refractivity contribution in [1.82, 2.24) is 10.3 Å². The standard InChI is InChI=1S/C17H17Cl2N3O2/c1-17(2,3)22-15(23)10-7-8-20-13(9-10)16(24)21-12-6-4-5-11(18)14(12)19/h4-9H,1-3H3,(H,21,24)(H,22,23). The van der Waals surface area contributed by atoms with E-state index in [1.54, 1.807) is 24.3 Å². The van der Waals surface area contributed by atoms with Crippen LogP contribution in [0.1, 0.15) is 41.6 Å². The number of aromatic nitrogens is 1. The first kappa shape index (κ1) is 18.2. The molecule has 0 atom stereocenters. The van der Waals surface area contributed by atoms with Gasteiger partial charge in [0.15, 0.2) is 0 Å². The van der Waals surface area contributed by atoms with Crippen LogP contribution in [0, 0.1) is 0 Å². The van der Waals surface area contributed by atoms with Gasteiger partial charge in [0.1, 0.15) is 5.69 Å². The normalized spacial score (nSPS) is 11.0. The molecule has 0 aliphatic rings. The minimum atomic E-state index is -0.482. The SMILES string of the molecule is CC(C)(C)NC(=O)c1ccnc(C(=O)Nc2cccc(Cl)c2Cl)c1. The third-order valence-electron chi connectivity index (χ3n) is 2.94. The average molecular weight is 366 g/mol. The third kappa shape index (κ3) is 4.69. The van der Waals surface area contributed by atoms with E-state index in [0.29, 0.717) is 16.3 Å². The molecule has 0 spiro atoms. The van der Waals surface area contributed by atoms with Crippen molar-refractivity contribution in [2.75, 3.05) is 5.32 Å². The highest BCUT2D eigenvalue weighted by Crippen LogP contribution is 2.29. The summed E-state index contributed by atoms with van der Waals surface area (Å²) in [6.07, 6.45) is 1.41. The molecule has 0 saturated carbocycles. The minimum Gasteiger partial charge on any atom is -0.347 e. The van der Waals surface area contributed by atoms with E-state index in [9.17, 15) is 9.59 Å². The van der Waals surface area contributed by atoms with Crippen molar-refractivity contribution in [2.45, 2.75) is 26.3 Å². The number of hydrogen-bond donors (Lipinski definition) is 2. The summed E-state index contributed by atoms with van der Waals surface area (Å²) in [4.78, 5) is 28.5. The minimum absolute atomic E-state index is 0.104. The van der Waals surface area contributed by atoms with Crippen molar-refractivity contribution in [2.24, 2.45) is 0 Å². The van der Waals surface area contributed by atoms with Gasteiger partial charge in [0.05, 0.1) is 15.7 Å². The van der Waals surface area contributed by atoms with Crippen molar-refractivity contribution in [1.29, 1.82) is 0 Å². The number of pyridine rings is 1. The monoisotopic (exact) mass is 365 g/mol. The van der Waals surface area contributed by atoms with E-state index in [0.717, 1.165) is 0 Å². The molecule has 1 heterocycles. The van der Waals surface area contributed by atoms with Crippen LogP contribution in [-0.2, 0) is 0 Å². The van der Waals surface area contributed by atoms with Crippen LogP contribution >= 0.6 is 23.2 Å². The van der Waals surface area contributed by atoms with Gasteiger partial charge in [0.2, 0.25) is 0 Å². The zero-order valence-corrected chi connectivity index (χ0v) is 15.0. The van der Waals surface area contributed by atoms with Crippen LogP contribution in [0.2, 0.25) is 10.0 Å². The molecule has 2 aromatic rings. The summed E-state index contributed by atoms with van der Waals surface area (Å²) in [5, 5.41) is 6.04. The largest absolute Gasteiger partial charge is 0.347 e. The lowest BCUT2D eigenvalue weighted by atomic mass is 10.1. The molecule has 1 aromatic heterocycles. The van der Waals surface area contributed by atoms with Gasteiger partial charge >= 0.3 is 0 Å². The second-order valence-corrected chi connectivity index (χ2v) is 6.97. The number of halogens is 2. The molecule has 0 aliphatic carbocycles. The maximum absolute atomic E-state index is 12.3. The van der Waals surface area contributed by atoms with Gasteiger partial charge in [-0.25, -0.2) is 0 Å². The van der Waals surface area contributed by atoms with Crippen LogP contribution in [0.3, 0.4) is 0 Å². The first-order valence-electron chi connectivity index (χ1n) is 7.21. The van der Waals surface area contributed by atoms with Crippen molar-refractivity contribution >= 4 is 40.7 Å². The number of carbonyl (C=O) groups is 2. The quantitative estimate of drug-likeness (QED) is 0.857. The molecule has 1 aromatic carbocycles. The van der Waals surface area contributed by atoms with E-state index in [-0.39, 0.29) is 22.2 Å². The van der Waals surface area contributed by atoms with Crippen LogP contribution in [0.25, 0.3) is 0 Å². The zero-order valence-electron chi connectivity index (χ0n) is 13.5. The van der Waals surface area contributed by atoms with Gasteiger partial charge in [-0.15, -0.1) is 0 Å². The molecule has 5 nitrogen and oxygen atoms in total. The molecule has 2 rings (SSSR count). The fourth-order valence-electron chi connectivity index (χ4n) is 1.90. The molecular weight excluding hydrogens is 349 g/mol. The van der Waals surface area contributed by atoms with Gasteiger partial charge < -0.3 is 10.6 Å². The second kappa shape index (κ2) is 7.20. The summed E-state index contributed by atoms with van der Waals surface area (Å²) in [6, 6.07) is 7.89. The Morgan fingerprint density at radius 3 is 2.46 bits per heavy atom. The number of rotatable bonds is 3. The molecule has 0 radical (unpaired) electrons. The first-order valence-corrected chi connectivity index (χ1v) is 7.97. The first-order chi connectivity index (χ1) is 11.2. The summed E-state index contributed by atoms with van der Waals surface area (Å²) in [6.45, 7) is 5.63. The highest BCUT2D eigenvalue weighted by atomic mass is 35.5. The Kier molecular flexibility index (Phi) is 5.47. The molecule has 0 unspecified atom stereocenters. The van der Waals surface area contributed by atoms with E-state index in [2.05, 4.69) is 15.6 Å². The summed E-state index contributed by atoms with van der Waals surface area (Å²) < 4.78 is 0. The molecule has 24 heavy (non-hydrogen) atoms. The Balaban J connectivity index is 2.20. The Hall–Kier alpha value is -2.11. The van der Waals surface area contributed by atoms with Crippen molar-refractivity contribution in [3.8, 4) is 0 Å². The molecule has 126 valence electrons. The van der Waals surface area contributed by atoms with Crippen LogP contribution in [0.5, 0.6) is 0 Å². The number of amides is 2. The number of hydrogen-bond acceptors (Lipinski definition) is 3. The van der Waals surface area contributed by atoms with Gasteiger partial charge in [-0.3, -0.25) is 14.6 Å².